The average Bonchev–Trinajstić information content (AvgIpc) is 3.66. The summed E-state index contributed by atoms with van der Waals surface area (Å²) >= 11 is 0. The minimum Gasteiger partial charge on any atom is -0.369 e. The van der Waals surface area contributed by atoms with E-state index in [1.54, 1.807) is 6.42 Å². The SMILES string of the molecule is CN(C)CCCNc1nc(CN2CCN(C3CC4CC45C[C@H]35)CC2)nc2ccccc12. The number of para-hydroxylation sites is 1. The molecule has 6 heteroatoms. The van der Waals surface area contributed by atoms with Gasteiger partial charge in [-0.3, -0.25) is 9.80 Å². The Morgan fingerprint density at radius 1 is 1.10 bits per heavy atom. The summed E-state index contributed by atoms with van der Waals surface area (Å²) in [4.78, 5) is 17.4. The summed E-state index contributed by atoms with van der Waals surface area (Å²) in [7, 11) is 4.24. The highest BCUT2D eigenvalue weighted by Gasteiger charge is 2.77. The minimum absolute atomic E-state index is 0.853. The number of anilines is 1. The lowest BCUT2D eigenvalue weighted by Crippen LogP contribution is -2.50. The fourth-order valence-corrected chi connectivity index (χ4v) is 6.54. The Morgan fingerprint density at radius 2 is 1.94 bits per heavy atom. The van der Waals surface area contributed by atoms with E-state index in [-0.39, 0.29) is 0 Å². The molecule has 3 saturated carbocycles. The van der Waals surface area contributed by atoms with Crippen molar-refractivity contribution in [2.24, 2.45) is 17.3 Å². The Labute approximate surface area is 186 Å². The molecule has 3 aliphatic carbocycles. The van der Waals surface area contributed by atoms with Crippen molar-refractivity contribution in [2.75, 3.05) is 58.7 Å². The van der Waals surface area contributed by atoms with Crippen LogP contribution in [0.15, 0.2) is 24.3 Å². The zero-order valence-electron chi connectivity index (χ0n) is 19.1. The number of hydrogen-bond donors (Lipinski definition) is 1. The van der Waals surface area contributed by atoms with Gasteiger partial charge in [0.05, 0.1) is 12.1 Å². The summed E-state index contributed by atoms with van der Waals surface area (Å²) in [5.74, 6) is 4.08. The Balaban J connectivity index is 1.09. The van der Waals surface area contributed by atoms with Crippen LogP contribution in [-0.4, -0.2) is 84.1 Å². The van der Waals surface area contributed by atoms with E-state index in [9.17, 15) is 0 Å². The van der Waals surface area contributed by atoms with Gasteiger partial charge in [-0.05, 0) is 75.7 Å². The van der Waals surface area contributed by atoms with Gasteiger partial charge in [0.1, 0.15) is 11.6 Å². The first kappa shape index (κ1) is 19.9. The second kappa shape index (κ2) is 7.68. The highest BCUT2D eigenvalue weighted by atomic mass is 15.3. The predicted octanol–water partition coefficient (Wildman–Crippen LogP) is 2.91. The molecule has 4 aliphatic rings. The first-order valence-electron chi connectivity index (χ1n) is 12.2. The van der Waals surface area contributed by atoms with E-state index in [0.717, 1.165) is 85.0 Å². The van der Waals surface area contributed by atoms with Crippen LogP contribution in [0.5, 0.6) is 0 Å². The summed E-state index contributed by atoms with van der Waals surface area (Å²) in [5.41, 5.74) is 1.90. The molecule has 3 unspecified atom stereocenters. The van der Waals surface area contributed by atoms with Crippen molar-refractivity contribution in [3.8, 4) is 0 Å². The molecule has 166 valence electrons. The van der Waals surface area contributed by atoms with E-state index in [0.29, 0.717) is 0 Å². The molecule has 6 nitrogen and oxygen atoms in total. The number of aromatic nitrogens is 2. The molecule has 2 heterocycles. The van der Waals surface area contributed by atoms with Gasteiger partial charge in [-0.25, -0.2) is 9.97 Å². The molecule has 1 aliphatic heterocycles. The van der Waals surface area contributed by atoms with Crippen LogP contribution in [0.3, 0.4) is 0 Å². The van der Waals surface area contributed by atoms with Crippen molar-refractivity contribution < 1.29 is 0 Å². The molecule has 4 fully saturated rings. The second-order valence-electron chi connectivity index (χ2n) is 10.6. The van der Waals surface area contributed by atoms with Crippen molar-refractivity contribution >= 4 is 16.7 Å². The van der Waals surface area contributed by atoms with Crippen molar-refractivity contribution in [1.29, 1.82) is 0 Å². The molecule has 31 heavy (non-hydrogen) atoms. The van der Waals surface area contributed by atoms with E-state index in [2.05, 4.69) is 58.4 Å². The molecule has 1 aromatic heterocycles. The molecule has 0 amide bonds. The van der Waals surface area contributed by atoms with Crippen LogP contribution in [0.1, 0.15) is 31.5 Å². The predicted molar refractivity (Wildman–Crippen MR) is 125 cm³/mol. The van der Waals surface area contributed by atoms with E-state index in [4.69, 9.17) is 9.97 Å². The lowest BCUT2D eigenvalue weighted by atomic mass is 10.1. The first-order valence-corrected chi connectivity index (χ1v) is 12.2. The highest BCUT2D eigenvalue weighted by Crippen LogP contribution is 2.82. The molecule has 6 rings (SSSR count). The molecular formula is C25H36N6. The van der Waals surface area contributed by atoms with Crippen molar-refractivity contribution in [2.45, 2.75) is 38.3 Å². The van der Waals surface area contributed by atoms with Crippen LogP contribution in [0.25, 0.3) is 10.9 Å². The molecule has 0 radical (unpaired) electrons. The molecule has 0 bridgehead atoms. The zero-order valence-corrected chi connectivity index (χ0v) is 19.1. The van der Waals surface area contributed by atoms with Gasteiger partial charge in [0.2, 0.25) is 0 Å². The third-order valence-corrected chi connectivity index (χ3v) is 8.41. The van der Waals surface area contributed by atoms with Crippen molar-refractivity contribution in [1.82, 2.24) is 24.7 Å². The Morgan fingerprint density at radius 3 is 2.68 bits per heavy atom. The molecule has 1 N–H and O–H groups in total. The standard InChI is InChI=1S/C25H36N6/c1-29(2)9-5-8-26-24-19-6-3-4-7-21(19)27-23(28-24)17-30-10-12-31(13-11-30)22-14-18-15-25(18)16-20(22)25/h3-4,6-7,18,20,22H,5,8-17H2,1-2H3,(H,26,27,28)/t18?,20-,22?,25?/m1/s1. The average molecular weight is 421 g/mol. The lowest BCUT2D eigenvalue weighted by Gasteiger charge is -2.39. The van der Waals surface area contributed by atoms with Crippen molar-refractivity contribution in [3.63, 3.8) is 0 Å². The van der Waals surface area contributed by atoms with Crippen molar-refractivity contribution in [3.05, 3.63) is 30.1 Å². The highest BCUT2D eigenvalue weighted by molar-refractivity contribution is 5.88. The number of fused-ring (bicyclic) bond motifs is 1. The molecule has 1 saturated heterocycles. The van der Waals surface area contributed by atoms with Gasteiger partial charge in [0.15, 0.2) is 0 Å². The maximum atomic E-state index is 4.95. The van der Waals surface area contributed by atoms with Crippen LogP contribution >= 0.6 is 0 Å². The maximum absolute atomic E-state index is 4.95. The van der Waals surface area contributed by atoms with Gasteiger partial charge in [0.25, 0.3) is 0 Å². The second-order valence-corrected chi connectivity index (χ2v) is 10.6. The van der Waals surface area contributed by atoms with E-state index in [1.807, 2.05) is 0 Å². The minimum atomic E-state index is 0.853. The van der Waals surface area contributed by atoms with Crippen LogP contribution < -0.4 is 5.32 Å². The quantitative estimate of drug-likeness (QED) is 0.663. The summed E-state index contributed by atoms with van der Waals surface area (Å²) in [5, 5.41) is 4.70. The summed E-state index contributed by atoms with van der Waals surface area (Å²) in [6.45, 7) is 7.58. The third kappa shape index (κ3) is 3.73. The van der Waals surface area contributed by atoms with Gasteiger partial charge in [-0.15, -0.1) is 0 Å². The van der Waals surface area contributed by atoms with E-state index >= 15 is 0 Å². The van der Waals surface area contributed by atoms with Crippen LogP contribution in [0.2, 0.25) is 0 Å². The van der Waals surface area contributed by atoms with Gasteiger partial charge in [-0.1, -0.05) is 12.1 Å². The number of piperazine rings is 1. The Bertz CT molecular complexity index is 952. The summed E-state index contributed by atoms with van der Waals surface area (Å²) in [6.07, 6.45) is 5.69. The number of benzene rings is 1. The zero-order chi connectivity index (χ0) is 21.0. The van der Waals surface area contributed by atoms with Gasteiger partial charge < -0.3 is 10.2 Å². The smallest absolute Gasteiger partial charge is 0.145 e. The topological polar surface area (TPSA) is 47.5 Å². The molecule has 1 aromatic carbocycles. The summed E-state index contributed by atoms with van der Waals surface area (Å²) in [6, 6.07) is 9.29. The normalized spacial score (nSPS) is 32.3. The van der Waals surface area contributed by atoms with Crippen LogP contribution in [-0.2, 0) is 6.54 Å². The maximum Gasteiger partial charge on any atom is 0.145 e. The Kier molecular flexibility index (Phi) is 4.93. The Hall–Kier alpha value is -1.76. The number of nitrogens with one attached hydrogen (secondary N) is 1. The number of nitrogens with zero attached hydrogens (tertiary/aromatic N) is 5. The number of hydrogen-bond acceptors (Lipinski definition) is 6. The monoisotopic (exact) mass is 420 g/mol. The van der Waals surface area contributed by atoms with Gasteiger partial charge >= 0.3 is 0 Å². The molecule has 1 spiro atoms. The van der Waals surface area contributed by atoms with Crippen LogP contribution in [0.4, 0.5) is 5.82 Å². The fourth-order valence-electron chi connectivity index (χ4n) is 6.54. The molecular weight excluding hydrogens is 384 g/mol. The van der Waals surface area contributed by atoms with Gasteiger partial charge in [-0.2, -0.15) is 0 Å². The fraction of sp³-hybridized carbons (Fsp3) is 0.680. The van der Waals surface area contributed by atoms with Crippen LogP contribution in [0, 0.1) is 17.3 Å². The lowest BCUT2D eigenvalue weighted by molar-refractivity contribution is 0.0802. The van der Waals surface area contributed by atoms with E-state index in [1.165, 1.54) is 25.9 Å². The largest absolute Gasteiger partial charge is 0.369 e. The number of rotatable bonds is 8. The van der Waals surface area contributed by atoms with E-state index < -0.39 is 0 Å². The van der Waals surface area contributed by atoms with Gasteiger partial charge in [0, 0.05) is 44.2 Å². The first-order chi connectivity index (χ1) is 15.1. The third-order valence-electron chi connectivity index (χ3n) is 8.41. The molecule has 4 atom stereocenters. The molecule has 2 aromatic rings. The summed E-state index contributed by atoms with van der Waals surface area (Å²) < 4.78 is 0.